The average Bonchev–Trinajstić information content (AvgIpc) is 2.36. The minimum absolute atomic E-state index is 0.00619. The van der Waals surface area contributed by atoms with Crippen LogP contribution in [-0.4, -0.2) is 26.0 Å². The van der Waals surface area contributed by atoms with Crippen molar-refractivity contribution in [1.29, 1.82) is 0 Å². The second kappa shape index (κ2) is 6.99. The van der Waals surface area contributed by atoms with Crippen molar-refractivity contribution in [3.05, 3.63) is 35.4 Å². The van der Waals surface area contributed by atoms with E-state index in [4.69, 9.17) is 5.11 Å². The molecule has 0 aliphatic heterocycles. The van der Waals surface area contributed by atoms with Crippen LogP contribution < -0.4 is 5.32 Å². The maximum Gasteiger partial charge on any atom is 0.235 e. The van der Waals surface area contributed by atoms with Crippen LogP contribution in [0.1, 0.15) is 38.8 Å². The molecule has 0 aliphatic carbocycles. The number of hydrogen-bond donors (Lipinski definition) is 2. The molecule has 2 unspecified atom stereocenters. The molecule has 0 saturated heterocycles. The predicted molar refractivity (Wildman–Crippen MR) is 81.6 cm³/mol. The number of benzene rings is 1. The van der Waals surface area contributed by atoms with E-state index in [0.717, 1.165) is 11.1 Å². The number of aliphatic hydroxyl groups is 1. The van der Waals surface area contributed by atoms with Crippen LogP contribution in [0.4, 0.5) is 0 Å². The lowest BCUT2D eigenvalue weighted by Gasteiger charge is -2.23. The van der Waals surface area contributed by atoms with Crippen molar-refractivity contribution in [3.8, 4) is 0 Å². The lowest BCUT2D eigenvalue weighted by molar-refractivity contribution is -0.121. The summed E-state index contributed by atoms with van der Waals surface area (Å²) >= 11 is 0. The zero-order valence-electron chi connectivity index (χ0n) is 12.5. The number of carbonyl (C=O) groups excluding carboxylic acids is 1. The van der Waals surface area contributed by atoms with Gasteiger partial charge in [0.25, 0.3) is 0 Å². The van der Waals surface area contributed by atoms with Crippen molar-refractivity contribution in [2.75, 3.05) is 0 Å². The van der Waals surface area contributed by atoms with Crippen LogP contribution in [0.15, 0.2) is 24.3 Å². The van der Waals surface area contributed by atoms with Crippen LogP contribution in [-0.2, 0) is 28.0 Å². The van der Waals surface area contributed by atoms with Crippen LogP contribution in [0.3, 0.4) is 0 Å². The van der Waals surface area contributed by atoms with E-state index in [1.165, 1.54) is 0 Å². The Morgan fingerprint density at radius 2 is 1.75 bits per heavy atom. The van der Waals surface area contributed by atoms with Gasteiger partial charge in [-0.2, -0.15) is 0 Å². The lowest BCUT2D eigenvalue weighted by atomic mass is 10.1. The Morgan fingerprint density at radius 1 is 1.25 bits per heavy atom. The molecule has 0 bridgehead atoms. The third-order valence-electron chi connectivity index (χ3n) is 2.78. The summed E-state index contributed by atoms with van der Waals surface area (Å²) in [6, 6.07) is 7.26. The van der Waals surface area contributed by atoms with Gasteiger partial charge in [0.05, 0.1) is 6.61 Å². The van der Waals surface area contributed by atoms with Crippen LogP contribution in [0, 0.1) is 0 Å². The van der Waals surface area contributed by atoms with Gasteiger partial charge in [-0.15, -0.1) is 0 Å². The number of rotatable bonds is 5. The van der Waals surface area contributed by atoms with Crippen molar-refractivity contribution >= 4 is 16.7 Å². The van der Waals surface area contributed by atoms with Crippen molar-refractivity contribution in [2.45, 2.75) is 50.8 Å². The monoisotopic (exact) mass is 297 g/mol. The third kappa shape index (κ3) is 5.43. The Morgan fingerprint density at radius 3 is 2.20 bits per heavy atom. The smallest absolute Gasteiger partial charge is 0.235 e. The number of hydrogen-bond acceptors (Lipinski definition) is 3. The zero-order chi connectivity index (χ0) is 15.3. The topological polar surface area (TPSA) is 66.4 Å². The van der Waals surface area contributed by atoms with Gasteiger partial charge in [0.2, 0.25) is 5.91 Å². The molecule has 112 valence electrons. The fourth-order valence-electron chi connectivity index (χ4n) is 1.62. The maximum atomic E-state index is 12.2. The molecule has 5 heteroatoms. The Labute approximate surface area is 123 Å². The fraction of sp³-hybridized carbons (Fsp3) is 0.533. The first-order valence-electron chi connectivity index (χ1n) is 6.61. The largest absolute Gasteiger partial charge is 0.392 e. The average molecular weight is 297 g/mol. The predicted octanol–water partition coefficient (Wildman–Crippen LogP) is 1.73. The second-order valence-corrected chi connectivity index (χ2v) is 7.64. The van der Waals surface area contributed by atoms with Gasteiger partial charge in [0, 0.05) is 22.1 Å². The Hall–Kier alpha value is -1.20. The van der Waals surface area contributed by atoms with Crippen molar-refractivity contribution in [3.63, 3.8) is 0 Å². The molecular weight excluding hydrogens is 274 g/mol. The molecule has 2 N–H and O–H groups in total. The summed E-state index contributed by atoms with van der Waals surface area (Å²) in [5.41, 5.74) is 1.40. The molecule has 0 aliphatic rings. The highest BCUT2D eigenvalue weighted by molar-refractivity contribution is 7.85. The molecule has 20 heavy (non-hydrogen) atoms. The third-order valence-corrected chi connectivity index (χ3v) is 4.40. The van der Waals surface area contributed by atoms with Gasteiger partial charge in [0.15, 0.2) is 0 Å². The van der Waals surface area contributed by atoms with Gasteiger partial charge >= 0.3 is 0 Å². The van der Waals surface area contributed by atoms with Gasteiger partial charge in [-0.25, -0.2) is 0 Å². The first kappa shape index (κ1) is 16.9. The van der Waals surface area contributed by atoms with Crippen molar-refractivity contribution in [2.24, 2.45) is 0 Å². The van der Waals surface area contributed by atoms with Crippen molar-refractivity contribution < 1.29 is 14.1 Å². The maximum absolute atomic E-state index is 12.2. The van der Waals surface area contributed by atoms with E-state index in [1.807, 2.05) is 32.9 Å². The minimum atomic E-state index is -1.26. The quantitative estimate of drug-likeness (QED) is 0.870. The summed E-state index contributed by atoms with van der Waals surface area (Å²) in [5, 5.41) is 11.3. The zero-order valence-corrected chi connectivity index (χ0v) is 13.3. The Bertz CT molecular complexity index is 477. The van der Waals surface area contributed by atoms with Crippen LogP contribution in [0.2, 0.25) is 0 Å². The van der Waals surface area contributed by atoms with E-state index in [1.54, 1.807) is 19.1 Å². The summed E-state index contributed by atoms with van der Waals surface area (Å²) in [6.45, 7) is 7.36. The van der Waals surface area contributed by atoms with Crippen LogP contribution in [0.5, 0.6) is 0 Å². The van der Waals surface area contributed by atoms with Crippen LogP contribution in [0.25, 0.3) is 0 Å². The molecule has 1 aromatic rings. The molecule has 0 aromatic heterocycles. The minimum Gasteiger partial charge on any atom is -0.392 e. The van der Waals surface area contributed by atoms with E-state index in [0.29, 0.717) is 5.75 Å². The molecule has 1 aromatic carbocycles. The van der Waals surface area contributed by atoms with Gasteiger partial charge in [-0.1, -0.05) is 24.3 Å². The lowest BCUT2D eigenvalue weighted by Crippen LogP contribution is -2.46. The first-order chi connectivity index (χ1) is 9.23. The normalized spacial score (nSPS) is 14.7. The number of amides is 1. The molecule has 0 heterocycles. The van der Waals surface area contributed by atoms with Gasteiger partial charge < -0.3 is 10.4 Å². The van der Waals surface area contributed by atoms with Crippen molar-refractivity contribution in [1.82, 2.24) is 5.32 Å². The molecule has 0 radical (unpaired) electrons. The van der Waals surface area contributed by atoms with Crippen LogP contribution >= 0.6 is 0 Å². The number of nitrogens with one attached hydrogen (secondary N) is 1. The fourth-order valence-corrected chi connectivity index (χ4v) is 2.69. The first-order valence-corrected chi connectivity index (χ1v) is 7.99. The van der Waals surface area contributed by atoms with E-state index in [-0.39, 0.29) is 18.1 Å². The molecule has 2 atom stereocenters. The summed E-state index contributed by atoms with van der Waals surface area (Å²) < 4.78 is 12.2. The highest BCUT2D eigenvalue weighted by Crippen LogP contribution is 2.11. The molecule has 1 amide bonds. The molecule has 4 nitrogen and oxygen atoms in total. The summed E-state index contributed by atoms with van der Waals surface area (Å²) in [5.74, 6) is 0.146. The van der Waals surface area contributed by atoms with E-state index < -0.39 is 16.0 Å². The highest BCUT2D eigenvalue weighted by atomic mass is 32.2. The van der Waals surface area contributed by atoms with Gasteiger partial charge in [-0.05, 0) is 38.8 Å². The molecule has 0 spiro atoms. The Balaban J connectivity index is 2.63. The van der Waals surface area contributed by atoms with Gasteiger partial charge in [-0.3, -0.25) is 9.00 Å². The summed E-state index contributed by atoms with van der Waals surface area (Å²) in [6.07, 6.45) is 0. The summed E-state index contributed by atoms with van der Waals surface area (Å²) in [4.78, 5) is 12.0. The molecule has 0 saturated carbocycles. The molecular formula is C15H23NO3S. The highest BCUT2D eigenvalue weighted by Gasteiger charge is 2.23. The second-order valence-electron chi connectivity index (χ2n) is 5.88. The summed E-state index contributed by atoms with van der Waals surface area (Å²) in [7, 11) is -1.26. The van der Waals surface area contributed by atoms with E-state index >= 15 is 0 Å². The standard InChI is InChI=1S/C15H23NO3S/c1-11(14(18)16-15(2,3)4)20(19)10-13-7-5-12(9-17)6-8-13/h5-8,11,17H,9-10H2,1-4H3,(H,16,18). The number of carbonyl (C=O) groups is 1. The SMILES string of the molecule is CC(C(=O)NC(C)(C)C)S(=O)Cc1ccc(CO)cc1. The molecule has 0 fully saturated rings. The van der Waals surface area contributed by atoms with Gasteiger partial charge in [0.1, 0.15) is 5.25 Å². The number of aliphatic hydroxyl groups excluding tert-OH is 1. The van der Waals surface area contributed by atoms with E-state index in [9.17, 15) is 9.00 Å². The Kier molecular flexibility index (Phi) is 5.89. The molecule has 1 rings (SSSR count). The van der Waals surface area contributed by atoms with E-state index in [2.05, 4.69) is 5.32 Å².